The zero-order chi connectivity index (χ0) is 18.8. The van der Waals surface area contributed by atoms with Crippen LogP contribution in [0.1, 0.15) is 22.3 Å². The first-order chi connectivity index (χ1) is 12.6. The highest BCUT2D eigenvalue weighted by Crippen LogP contribution is 2.20. The Hall–Kier alpha value is -2.53. The molecule has 2 rings (SSSR count). The van der Waals surface area contributed by atoms with Crippen molar-refractivity contribution >= 4 is 5.96 Å². The minimum Gasteiger partial charge on any atom is -0.491 e. The zero-order valence-electron chi connectivity index (χ0n) is 16.1. The third kappa shape index (κ3) is 6.41. The minimum atomic E-state index is 0.535. The van der Waals surface area contributed by atoms with E-state index in [-0.39, 0.29) is 0 Å². The molecule has 0 radical (unpaired) electrons. The molecule has 140 valence electrons. The number of nitrogens with zero attached hydrogens (tertiary/aromatic N) is 1. The maximum absolute atomic E-state index is 5.84. The topological polar surface area (TPSA) is 54.9 Å². The Balaban J connectivity index is 1.91. The Morgan fingerprint density at radius 2 is 1.62 bits per heavy atom. The third-order valence-corrected chi connectivity index (χ3v) is 4.02. The molecule has 0 spiro atoms. The average Bonchev–Trinajstić information content (AvgIpc) is 2.65. The first-order valence-corrected chi connectivity index (χ1v) is 8.83. The second-order valence-corrected chi connectivity index (χ2v) is 6.22. The summed E-state index contributed by atoms with van der Waals surface area (Å²) in [7, 11) is 3.45. The molecule has 0 aliphatic carbocycles. The summed E-state index contributed by atoms with van der Waals surface area (Å²) in [5, 5.41) is 6.68. The van der Waals surface area contributed by atoms with Crippen molar-refractivity contribution in [3.05, 3.63) is 64.7 Å². The van der Waals surface area contributed by atoms with Crippen molar-refractivity contribution in [3.8, 4) is 5.75 Å². The van der Waals surface area contributed by atoms with Gasteiger partial charge in [-0.15, -0.1) is 0 Å². The van der Waals surface area contributed by atoms with Crippen LogP contribution >= 0.6 is 0 Å². The molecule has 2 aromatic carbocycles. The fourth-order valence-corrected chi connectivity index (χ4v) is 2.47. The van der Waals surface area contributed by atoms with E-state index in [4.69, 9.17) is 9.47 Å². The molecule has 2 N–H and O–H groups in total. The number of rotatable bonds is 8. The molecule has 0 aliphatic heterocycles. The van der Waals surface area contributed by atoms with Gasteiger partial charge in [-0.05, 0) is 31.0 Å². The molecule has 0 aliphatic rings. The number of benzene rings is 2. The number of guanidine groups is 1. The van der Waals surface area contributed by atoms with Crippen LogP contribution in [0, 0.1) is 13.8 Å². The predicted molar refractivity (Wildman–Crippen MR) is 107 cm³/mol. The summed E-state index contributed by atoms with van der Waals surface area (Å²) in [5.74, 6) is 1.64. The maximum Gasteiger partial charge on any atom is 0.191 e. The van der Waals surface area contributed by atoms with Crippen molar-refractivity contribution in [1.29, 1.82) is 0 Å². The smallest absolute Gasteiger partial charge is 0.191 e. The number of aliphatic imine (C=N–C) groups is 1. The van der Waals surface area contributed by atoms with Crippen LogP contribution in [0.4, 0.5) is 0 Å². The fraction of sp³-hybridized carbons (Fsp3) is 0.381. The van der Waals surface area contributed by atoms with Crippen LogP contribution in [0.25, 0.3) is 0 Å². The van der Waals surface area contributed by atoms with E-state index in [9.17, 15) is 0 Å². The standard InChI is InChI=1S/C21H29N3O2/c1-16-5-8-18(9-6-16)14-23-21(22-3)24-15-19-10-7-17(2)13-20(19)26-12-11-25-4/h5-10,13H,11-12,14-15H2,1-4H3,(H2,22,23,24). The lowest BCUT2D eigenvalue weighted by atomic mass is 10.1. The van der Waals surface area contributed by atoms with Gasteiger partial charge in [0.1, 0.15) is 12.4 Å². The van der Waals surface area contributed by atoms with Crippen LogP contribution in [0.2, 0.25) is 0 Å². The molecule has 0 fully saturated rings. The van der Waals surface area contributed by atoms with Gasteiger partial charge >= 0.3 is 0 Å². The molecule has 0 saturated heterocycles. The molecular formula is C21H29N3O2. The van der Waals surface area contributed by atoms with Gasteiger partial charge in [0, 0.05) is 32.8 Å². The fourth-order valence-electron chi connectivity index (χ4n) is 2.47. The van der Waals surface area contributed by atoms with E-state index in [0.29, 0.717) is 19.8 Å². The quantitative estimate of drug-likeness (QED) is 0.434. The molecule has 5 nitrogen and oxygen atoms in total. The molecule has 26 heavy (non-hydrogen) atoms. The lowest BCUT2D eigenvalue weighted by molar-refractivity contribution is 0.145. The SMILES string of the molecule is CN=C(NCc1ccc(C)cc1)NCc1ccc(C)cc1OCCOC. The molecule has 0 amide bonds. The van der Waals surface area contributed by atoms with Crippen molar-refractivity contribution in [2.45, 2.75) is 26.9 Å². The molecule has 5 heteroatoms. The summed E-state index contributed by atoms with van der Waals surface area (Å²) in [6.45, 7) is 6.61. The van der Waals surface area contributed by atoms with Gasteiger partial charge in [-0.1, -0.05) is 42.0 Å². The number of ether oxygens (including phenoxy) is 2. The molecule has 0 unspecified atom stereocenters. The molecular weight excluding hydrogens is 326 g/mol. The van der Waals surface area contributed by atoms with Crippen molar-refractivity contribution in [3.63, 3.8) is 0 Å². The summed E-state index contributed by atoms with van der Waals surface area (Å²) >= 11 is 0. The summed E-state index contributed by atoms with van der Waals surface area (Å²) in [6, 6.07) is 14.7. The first-order valence-electron chi connectivity index (χ1n) is 8.83. The van der Waals surface area contributed by atoms with Crippen LogP contribution < -0.4 is 15.4 Å². The van der Waals surface area contributed by atoms with E-state index in [1.165, 1.54) is 16.7 Å². The second-order valence-electron chi connectivity index (χ2n) is 6.22. The summed E-state index contributed by atoms with van der Waals surface area (Å²) < 4.78 is 10.9. The molecule has 0 saturated carbocycles. The highest BCUT2D eigenvalue weighted by molar-refractivity contribution is 5.79. The van der Waals surface area contributed by atoms with E-state index in [2.05, 4.69) is 71.9 Å². The lowest BCUT2D eigenvalue weighted by Gasteiger charge is -2.15. The van der Waals surface area contributed by atoms with Crippen molar-refractivity contribution in [2.24, 2.45) is 4.99 Å². The Kier molecular flexibility index (Phi) is 7.96. The molecule has 0 bridgehead atoms. The minimum absolute atomic E-state index is 0.535. The molecule has 0 atom stereocenters. The van der Waals surface area contributed by atoms with Crippen LogP contribution in [-0.2, 0) is 17.8 Å². The van der Waals surface area contributed by atoms with Crippen LogP contribution in [0.3, 0.4) is 0 Å². The highest BCUT2D eigenvalue weighted by Gasteiger charge is 2.06. The highest BCUT2D eigenvalue weighted by atomic mass is 16.5. The van der Waals surface area contributed by atoms with Gasteiger partial charge in [0.05, 0.1) is 6.61 Å². The van der Waals surface area contributed by atoms with Crippen LogP contribution in [-0.4, -0.2) is 33.3 Å². The van der Waals surface area contributed by atoms with Gasteiger partial charge in [0.25, 0.3) is 0 Å². The Morgan fingerprint density at radius 3 is 2.31 bits per heavy atom. The predicted octanol–water partition coefficient (Wildman–Crippen LogP) is 3.19. The first kappa shape index (κ1) is 19.8. The van der Waals surface area contributed by atoms with E-state index >= 15 is 0 Å². The van der Waals surface area contributed by atoms with Crippen molar-refractivity contribution in [1.82, 2.24) is 10.6 Å². The van der Waals surface area contributed by atoms with Crippen LogP contribution in [0.15, 0.2) is 47.5 Å². The maximum atomic E-state index is 5.84. The van der Waals surface area contributed by atoms with Gasteiger partial charge < -0.3 is 20.1 Å². The average molecular weight is 355 g/mol. The summed E-state index contributed by atoms with van der Waals surface area (Å²) in [4.78, 5) is 4.29. The molecule has 0 heterocycles. The number of hydrogen-bond donors (Lipinski definition) is 2. The zero-order valence-corrected chi connectivity index (χ0v) is 16.1. The number of methoxy groups -OCH3 is 1. The number of aryl methyl sites for hydroxylation is 2. The van der Waals surface area contributed by atoms with Gasteiger partial charge in [0.2, 0.25) is 0 Å². The molecule has 2 aromatic rings. The Bertz CT molecular complexity index is 712. The van der Waals surface area contributed by atoms with Crippen molar-refractivity contribution in [2.75, 3.05) is 27.4 Å². The monoisotopic (exact) mass is 355 g/mol. The lowest BCUT2D eigenvalue weighted by Crippen LogP contribution is -2.36. The normalized spacial score (nSPS) is 11.3. The van der Waals surface area contributed by atoms with Gasteiger partial charge in [-0.25, -0.2) is 0 Å². The van der Waals surface area contributed by atoms with Gasteiger partial charge in [0.15, 0.2) is 5.96 Å². The second kappa shape index (κ2) is 10.5. The van der Waals surface area contributed by atoms with Crippen LogP contribution in [0.5, 0.6) is 5.75 Å². The van der Waals surface area contributed by atoms with E-state index in [0.717, 1.165) is 23.8 Å². The third-order valence-electron chi connectivity index (χ3n) is 4.02. The number of hydrogen-bond acceptors (Lipinski definition) is 3. The summed E-state index contributed by atoms with van der Waals surface area (Å²) in [5.41, 5.74) is 4.74. The molecule has 0 aromatic heterocycles. The number of nitrogens with one attached hydrogen (secondary N) is 2. The van der Waals surface area contributed by atoms with Crippen molar-refractivity contribution < 1.29 is 9.47 Å². The van der Waals surface area contributed by atoms with E-state index < -0.39 is 0 Å². The largest absolute Gasteiger partial charge is 0.491 e. The Labute approximate surface area is 156 Å². The summed E-state index contributed by atoms with van der Waals surface area (Å²) in [6.07, 6.45) is 0. The van der Waals surface area contributed by atoms with E-state index in [1.807, 2.05) is 0 Å². The Morgan fingerprint density at radius 1 is 0.923 bits per heavy atom. The van der Waals surface area contributed by atoms with E-state index in [1.54, 1.807) is 14.2 Å². The van der Waals surface area contributed by atoms with Gasteiger partial charge in [-0.3, -0.25) is 4.99 Å². The van der Waals surface area contributed by atoms with Gasteiger partial charge in [-0.2, -0.15) is 0 Å².